The lowest BCUT2D eigenvalue weighted by molar-refractivity contribution is 0.111. The summed E-state index contributed by atoms with van der Waals surface area (Å²) in [7, 11) is 1.75. The van der Waals surface area contributed by atoms with Gasteiger partial charge < -0.3 is 10.5 Å². The second-order valence-corrected chi connectivity index (χ2v) is 7.00. The highest BCUT2D eigenvalue weighted by atomic mass is 16.5. The quantitative estimate of drug-likeness (QED) is 0.879. The number of benzene rings is 1. The van der Waals surface area contributed by atoms with Gasteiger partial charge in [0.25, 0.3) is 0 Å². The van der Waals surface area contributed by atoms with Crippen molar-refractivity contribution in [1.82, 2.24) is 0 Å². The van der Waals surface area contributed by atoms with E-state index in [0.717, 1.165) is 5.75 Å². The summed E-state index contributed by atoms with van der Waals surface area (Å²) in [5.41, 5.74) is 10.6. The van der Waals surface area contributed by atoms with Crippen LogP contribution in [0.15, 0.2) is 12.1 Å². The van der Waals surface area contributed by atoms with Gasteiger partial charge in [0.2, 0.25) is 0 Å². The molecule has 0 radical (unpaired) electrons. The molecule has 1 aliphatic carbocycles. The van der Waals surface area contributed by atoms with Crippen LogP contribution in [0.1, 0.15) is 62.3 Å². The maximum atomic E-state index is 6.66. The van der Waals surface area contributed by atoms with Gasteiger partial charge in [-0.05, 0) is 49.1 Å². The summed E-state index contributed by atoms with van der Waals surface area (Å²) >= 11 is 0. The van der Waals surface area contributed by atoms with Crippen molar-refractivity contribution >= 4 is 0 Å². The van der Waals surface area contributed by atoms with Crippen LogP contribution in [-0.2, 0) is 0 Å². The van der Waals surface area contributed by atoms with Crippen LogP contribution in [0.3, 0.4) is 0 Å². The van der Waals surface area contributed by atoms with Crippen molar-refractivity contribution in [3.05, 3.63) is 28.8 Å². The van der Waals surface area contributed by atoms with Gasteiger partial charge in [-0.3, -0.25) is 0 Å². The normalized spacial score (nSPS) is 23.4. The first-order valence-corrected chi connectivity index (χ1v) is 7.78. The Labute approximate surface area is 123 Å². The molecule has 0 heterocycles. The Morgan fingerprint density at radius 2 is 1.95 bits per heavy atom. The maximum Gasteiger partial charge on any atom is 0.126 e. The zero-order chi connectivity index (χ0) is 14.9. The van der Waals surface area contributed by atoms with Gasteiger partial charge in [-0.15, -0.1) is 0 Å². The minimum atomic E-state index is 0.0690. The van der Waals surface area contributed by atoms with E-state index in [1.54, 1.807) is 7.11 Å². The molecular weight excluding hydrogens is 246 g/mol. The average Bonchev–Trinajstić information content (AvgIpc) is 2.40. The molecule has 1 fully saturated rings. The van der Waals surface area contributed by atoms with Crippen molar-refractivity contribution in [1.29, 1.82) is 0 Å². The predicted molar refractivity (Wildman–Crippen MR) is 85.1 cm³/mol. The molecule has 112 valence electrons. The first-order valence-electron chi connectivity index (χ1n) is 7.78. The highest BCUT2D eigenvalue weighted by Crippen LogP contribution is 2.47. The Bertz CT molecular complexity index is 479. The molecule has 20 heavy (non-hydrogen) atoms. The van der Waals surface area contributed by atoms with E-state index >= 15 is 0 Å². The zero-order valence-electron chi connectivity index (χ0n) is 13.6. The molecule has 2 N–H and O–H groups in total. The number of methoxy groups -OCH3 is 1. The average molecular weight is 275 g/mol. The van der Waals surface area contributed by atoms with Gasteiger partial charge in [0.15, 0.2) is 0 Å². The smallest absolute Gasteiger partial charge is 0.126 e. The minimum absolute atomic E-state index is 0.0690. The largest absolute Gasteiger partial charge is 0.496 e. The monoisotopic (exact) mass is 275 g/mol. The highest BCUT2D eigenvalue weighted by molar-refractivity contribution is 5.47. The summed E-state index contributed by atoms with van der Waals surface area (Å²) in [5, 5.41) is 0. The van der Waals surface area contributed by atoms with Gasteiger partial charge in [0, 0.05) is 11.6 Å². The van der Waals surface area contributed by atoms with Crippen molar-refractivity contribution in [2.45, 2.75) is 59.4 Å². The van der Waals surface area contributed by atoms with Crippen molar-refractivity contribution < 1.29 is 4.74 Å². The number of hydrogen-bond donors (Lipinski definition) is 1. The number of aryl methyl sites for hydroxylation is 1. The fraction of sp³-hybridized carbons (Fsp3) is 0.667. The summed E-state index contributed by atoms with van der Waals surface area (Å²) in [6.45, 7) is 8.97. The van der Waals surface area contributed by atoms with E-state index in [0.29, 0.717) is 11.3 Å². The molecule has 1 aromatic carbocycles. The van der Waals surface area contributed by atoms with Crippen molar-refractivity contribution in [3.63, 3.8) is 0 Å². The third kappa shape index (κ3) is 2.71. The molecule has 0 amide bonds. The topological polar surface area (TPSA) is 35.2 Å². The number of hydrogen-bond acceptors (Lipinski definition) is 2. The number of rotatable bonds is 3. The lowest BCUT2D eigenvalue weighted by atomic mass is 9.65. The summed E-state index contributed by atoms with van der Waals surface area (Å²) in [4.78, 5) is 0. The van der Waals surface area contributed by atoms with Crippen LogP contribution in [0.5, 0.6) is 5.75 Å². The molecule has 0 saturated heterocycles. The van der Waals surface area contributed by atoms with Crippen LogP contribution < -0.4 is 10.5 Å². The van der Waals surface area contributed by atoms with Gasteiger partial charge in [-0.25, -0.2) is 0 Å². The Hall–Kier alpha value is -1.02. The van der Waals surface area contributed by atoms with Crippen molar-refractivity contribution in [2.24, 2.45) is 17.1 Å². The van der Waals surface area contributed by atoms with Crippen LogP contribution in [-0.4, -0.2) is 7.11 Å². The molecule has 2 rings (SSSR count). The van der Waals surface area contributed by atoms with Crippen LogP contribution in [0.25, 0.3) is 0 Å². The Balaban J connectivity index is 2.38. The molecule has 0 spiro atoms. The van der Waals surface area contributed by atoms with Gasteiger partial charge in [-0.1, -0.05) is 38.8 Å². The molecule has 2 atom stereocenters. The summed E-state index contributed by atoms with van der Waals surface area (Å²) in [6, 6.07) is 4.40. The summed E-state index contributed by atoms with van der Waals surface area (Å²) in [6.07, 6.45) is 5.14. The fourth-order valence-corrected chi connectivity index (χ4v) is 3.75. The Morgan fingerprint density at radius 3 is 2.55 bits per heavy atom. The van der Waals surface area contributed by atoms with Gasteiger partial charge in [0.1, 0.15) is 5.75 Å². The van der Waals surface area contributed by atoms with Gasteiger partial charge >= 0.3 is 0 Å². The van der Waals surface area contributed by atoms with Gasteiger partial charge in [0.05, 0.1) is 7.11 Å². The zero-order valence-corrected chi connectivity index (χ0v) is 13.6. The van der Waals surface area contributed by atoms with E-state index in [4.69, 9.17) is 10.5 Å². The van der Waals surface area contributed by atoms with E-state index in [2.05, 4.69) is 39.8 Å². The molecule has 0 bridgehead atoms. The third-order valence-corrected chi connectivity index (χ3v) is 5.29. The third-order valence-electron chi connectivity index (χ3n) is 5.29. The first kappa shape index (κ1) is 15.4. The van der Waals surface area contributed by atoms with Crippen LogP contribution in [0.4, 0.5) is 0 Å². The van der Waals surface area contributed by atoms with Crippen molar-refractivity contribution in [3.8, 4) is 5.75 Å². The fourth-order valence-electron chi connectivity index (χ4n) is 3.75. The number of nitrogens with two attached hydrogens (primary N) is 1. The Morgan fingerprint density at radius 1 is 1.25 bits per heavy atom. The van der Waals surface area contributed by atoms with Crippen LogP contribution >= 0.6 is 0 Å². The second kappa shape index (κ2) is 5.77. The van der Waals surface area contributed by atoms with Crippen molar-refractivity contribution in [2.75, 3.05) is 7.11 Å². The SMILES string of the molecule is COc1c(C(N)C2CCCCC2(C)C)ccc(C)c1C. The molecule has 2 nitrogen and oxygen atoms in total. The molecule has 1 aromatic rings. The molecule has 2 heteroatoms. The van der Waals surface area contributed by atoms with E-state index < -0.39 is 0 Å². The predicted octanol–water partition coefficient (Wildman–Crippen LogP) is 4.53. The second-order valence-electron chi connectivity index (χ2n) is 7.00. The molecule has 1 saturated carbocycles. The summed E-state index contributed by atoms with van der Waals surface area (Å²) < 4.78 is 5.66. The van der Waals surface area contributed by atoms with E-state index in [1.807, 2.05) is 0 Å². The standard InChI is InChI=1S/C18H29NO/c1-12-9-10-14(17(20-5)13(12)2)16(19)15-8-6-7-11-18(15,3)4/h9-10,15-16H,6-8,11,19H2,1-5H3. The molecule has 0 aromatic heterocycles. The molecule has 0 aliphatic heterocycles. The van der Waals surface area contributed by atoms with E-state index in [-0.39, 0.29) is 6.04 Å². The number of ether oxygens (including phenoxy) is 1. The maximum absolute atomic E-state index is 6.66. The first-order chi connectivity index (χ1) is 9.38. The lowest BCUT2D eigenvalue weighted by Crippen LogP contribution is -2.36. The minimum Gasteiger partial charge on any atom is -0.496 e. The van der Waals surface area contributed by atoms with Crippen LogP contribution in [0, 0.1) is 25.2 Å². The summed E-state index contributed by atoms with van der Waals surface area (Å²) in [5.74, 6) is 1.52. The van der Waals surface area contributed by atoms with Crippen LogP contribution in [0.2, 0.25) is 0 Å². The van der Waals surface area contributed by atoms with E-state index in [9.17, 15) is 0 Å². The molecule has 2 unspecified atom stereocenters. The van der Waals surface area contributed by atoms with Gasteiger partial charge in [-0.2, -0.15) is 0 Å². The molecule has 1 aliphatic rings. The Kier molecular flexibility index (Phi) is 4.43. The molecular formula is C18H29NO. The van der Waals surface area contributed by atoms with E-state index in [1.165, 1.54) is 42.4 Å². The highest BCUT2D eigenvalue weighted by Gasteiger charge is 2.37. The lowest BCUT2D eigenvalue weighted by Gasteiger charge is -2.42.